The van der Waals surface area contributed by atoms with Crippen molar-refractivity contribution in [3.63, 3.8) is 0 Å². The number of carbonyl (C=O) groups excluding carboxylic acids is 2. The zero-order valence-corrected chi connectivity index (χ0v) is 16.5. The second kappa shape index (κ2) is 7.43. The maximum absolute atomic E-state index is 13.3. The maximum Gasteiger partial charge on any atom is 0.237 e. The minimum atomic E-state index is 0.0177. The monoisotopic (exact) mass is 372 g/mol. The van der Waals surface area contributed by atoms with E-state index in [-0.39, 0.29) is 17.4 Å². The second-order valence-corrected chi connectivity index (χ2v) is 9.38. The molecule has 27 heavy (non-hydrogen) atoms. The van der Waals surface area contributed by atoms with Crippen LogP contribution in [0.2, 0.25) is 0 Å². The summed E-state index contributed by atoms with van der Waals surface area (Å²) in [6.45, 7) is 5.55. The molecule has 0 aromatic rings. The fraction of sp³-hybridized carbons (Fsp3) is 0.857. The van der Waals surface area contributed by atoms with E-state index < -0.39 is 0 Å². The molecule has 5 rings (SSSR count). The Morgan fingerprint density at radius 1 is 1.04 bits per heavy atom. The number of rotatable bonds is 5. The molecule has 1 aliphatic heterocycles. The molecule has 2 amide bonds. The van der Waals surface area contributed by atoms with E-state index >= 15 is 0 Å². The van der Waals surface area contributed by atoms with Gasteiger partial charge in [-0.2, -0.15) is 5.26 Å². The largest absolute Gasteiger partial charge is 0.340 e. The van der Waals surface area contributed by atoms with Gasteiger partial charge in [-0.3, -0.25) is 14.5 Å². The summed E-state index contributed by atoms with van der Waals surface area (Å²) in [7, 11) is 0. The number of hydrogen-bond acceptors (Lipinski definition) is 4. The molecule has 0 unspecified atom stereocenters. The smallest absolute Gasteiger partial charge is 0.237 e. The van der Waals surface area contributed by atoms with Crippen LogP contribution in [0.25, 0.3) is 0 Å². The molecule has 148 valence electrons. The van der Waals surface area contributed by atoms with Gasteiger partial charge in [-0.15, -0.1) is 0 Å². The van der Waals surface area contributed by atoms with Crippen LogP contribution >= 0.6 is 0 Å². The Balaban J connectivity index is 1.44. The molecule has 5 fully saturated rings. The fourth-order valence-electron chi connectivity index (χ4n) is 6.68. The molecule has 0 aromatic heterocycles. The van der Waals surface area contributed by atoms with Crippen molar-refractivity contribution < 1.29 is 9.59 Å². The van der Waals surface area contributed by atoms with Gasteiger partial charge in [0.05, 0.1) is 19.0 Å². The minimum absolute atomic E-state index is 0.0177. The van der Waals surface area contributed by atoms with E-state index in [0.717, 1.165) is 50.1 Å². The van der Waals surface area contributed by atoms with Crippen molar-refractivity contribution in [1.29, 1.82) is 5.26 Å². The van der Waals surface area contributed by atoms with Crippen molar-refractivity contribution in [1.82, 2.24) is 14.7 Å². The molecule has 1 heterocycles. The van der Waals surface area contributed by atoms with Gasteiger partial charge >= 0.3 is 0 Å². The van der Waals surface area contributed by atoms with E-state index in [0.29, 0.717) is 32.6 Å². The molecule has 5 aliphatic rings. The standard InChI is InChI=1S/C21H32N4O2/c1-16(26)24-7-5-23(6-8-24)15-20(27)25(4-2-3-22)21-12-17-9-18(13-21)11-19(10-17)14-21/h17-19H,2,4-15H2,1H3. The summed E-state index contributed by atoms with van der Waals surface area (Å²) in [5.74, 6) is 2.67. The van der Waals surface area contributed by atoms with Gasteiger partial charge in [0.15, 0.2) is 0 Å². The summed E-state index contributed by atoms with van der Waals surface area (Å²) in [6.07, 6.45) is 7.92. The molecule has 0 spiro atoms. The number of carbonyl (C=O) groups is 2. The van der Waals surface area contributed by atoms with Gasteiger partial charge in [0, 0.05) is 45.2 Å². The van der Waals surface area contributed by atoms with Crippen molar-refractivity contribution in [3.05, 3.63) is 0 Å². The molecule has 4 bridgehead atoms. The molecule has 0 N–H and O–H groups in total. The van der Waals surface area contributed by atoms with Crippen LogP contribution in [0.15, 0.2) is 0 Å². The first kappa shape index (κ1) is 18.7. The summed E-state index contributed by atoms with van der Waals surface area (Å²) >= 11 is 0. The van der Waals surface area contributed by atoms with Crippen LogP contribution in [0.5, 0.6) is 0 Å². The molecule has 0 atom stereocenters. The number of nitrogens with zero attached hydrogens (tertiary/aromatic N) is 4. The first-order chi connectivity index (χ1) is 13.0. The summed E-state index contributed by atoms with van der Waals surface area (Å²) in [5, 5.41) is 9.15. The van der Waals surface area contributed by atoms with Crippen LogP contribution in [-0.4, -0.2) is 71.3 Å². The molecule has 6 nitrogen and oxygen atoms in total. The van der Waals surface area contributed by atoms with Crippen LogP contribution in [0.1, 0.15) is 51.9 Å². The van der Waals surface area contributed by atoms with Crippen LogP contribution in [0.4, 0.5) is 0 Å². The Kier molecular flexibility index (Phi) is 5.15. The average molecular weight is 373 g/mol. The number of amides is 2. The second-order valence-electron chi connectivity index (χ2n) is 9.38. The Hall–Kier alpha value is -1.61. The third-order valence-electron chi connectivity index (χ3n) is 7.50. The highest BCUT2D eigenvalue weighted by Gasteiger charge is 2.54. The maximum atomic E-state index is 13.3. The number of hydrogen-bond donors (Lipinski definition) is 0. The summed E-state index contributed by atoms with van der Waals surface area (Å²) in [6, 6.07) is 2.26. The van der Waals surface area contributed by atoms with Gasteiger partial charge in [-0.25, -0.2) is 0 Å². The highest BCUT2D eigenvalue weighted by atomic mass is 16.2. The lowest BCUT2D eigenvalue weighted by Gasteiger charge is -2.60. The number of nitriles is 1. The molecule has 1 saturated heterocycles. The lowest BCUT2D eigenvalue weighted by molar-refractivity contribution is -0.152. The molecule has 4 saturated carbocycles. The Labute approximate surface area is 162 Å². The SMILES string of the molecule is CC(=O)N1CCN(CC(=O)N(CCC#N)C23CC4CC(CC(C4)C2)C3)CC1. The predicted octanol–water partition coefficient (Wildman–Crippen LogP) is 1.86. The predicted molar refractivity (Wildman–Crippen MR) is 102 cm³/mol. The van der Waals surface area contributed by atoms with Crippen molar-refractivity contribution in [2.75, 3.05) is 39.3 Å². The lowest BCUT2D eigenvalue weighted by atomic mass is 9.52. The number of piperazine rings is 1. The highest BCUT2D eigenvalue weighted by molar-refractivity contribution is 5.79. The van der Waals surface area contributed by atoms with E-state index in [1.807, 2.05) is 4.90 Å². The molecule has 6 heteroatoms. The highest BCUT2D eigenvalue weighted by Crippen LogP contribution is 2.57. The van der Waals surface area contributed by atoms with Crippen LogP contribution in [0.3, 0.4) is 0 Å². The van der Waals surface area contributed by atoms with Gasteiger partial charge in [-0.1, -0.05) is 0 Å². The molecule has 4 aliphatic carbocycles. The third kappa shape index (κ3) is 3.71. The van der Waals surface area contributed by atoms with Crippen molar-refractivity contribution in [2.24, 2.45) is 17.8 Å². The van der Waals surface area contributed by atoms with E-state index in [4.69, 9.17) is 5.26 Å². The van der Waals surface area contributed by atoms with E-state index in [1.54, 1.807) is 6.92 Å². The van der Waals surface area contributed by atoms with Crippen molar-refractivity contribution in [3.8, 4) is 6.07 Å². The molecule has 0 aromatic carbocycles. The summed E-state index contributed by atoms with van der Waals surface area (Å²) < 4.78 is 0. The third-order valence-corrected chi connectivity index (χ3v) is 7.50. The van der Waals surface area contributed by atoms with Gasteiger partial charge in [0.2, 0.25) is 11.8 Å². The van der Waals surface area contributed by atoms with Crippen LogP contribution in [0, 0.1) is 29.1 Å². The van der Waals surface area contributed by atoms with Crippen molar-refractivity contribution >= 4 is 11.8 Å². The normalized spacial score (nSPS) is 35.1. The first-order valence-corrected chi connectivity index (χ1v) is 10.6. The first-order valence-electron chi connectivity index (χ1n) is 10.6. The quantitative estimate of drug-likeness (QED) is 0.739. The van der Waals surface area contributed by atoms with Crippen molar-refractivity contribution in [2.45, 2.75) is 57.4 Å². The summed E-state index contributed by atoms with van der Waals surface area (Å²) in [4.78, 5) is 31.0. The topological polar surface area (TPSA) is 67.7 Å². The Bertz CT molecular complexity index is 597. The molecule has 0 radical (unpaired) electrons. The van der Waals surface area contributed by atoms with Gasteiger partial charge in [0.25, 0.3) is 0 Å². The zero-order chi connectivity index (χ0) is 19.0. The zero-order valence-electron chi connectivity index (χ0n) is 16.5. The van der Waals surface area contributed by atoms with E-state index in [2.05, 4.69) is 15.9 Å². The lowest BCUT2D eigenvalue weighted by Crippen LogP contribution is -2.63. The molecular formula is C21H32N4O2. The summed E-state index contributed by atoms with van der Waals surface area (Å²) in [5.41, 5.74) is 0.0177. The van der Waals surface area contributed by atoms with Crippen LogP contribution in [-0.2, 0) is 9.59 Å². The van der Waals surface area contributed by atoms with Crippen LogP contribution < -0.4 is 0 Å². The average Bonchev–Trinajstić information content (AvgIpc) is 2.61. The molecular weight excluding hydrogens is 340 g/mol. The minimum Gasteiger partial charge on any atom is -0.340 e. The fourth-order valence-corrected chi connectivity index (χ4v) is 6.68. The van der Waals surface area contributed by atoms with Gasteiger partial charge in [-0.05, 0) is 56.3 Å². The van der Waals surface area contributed by atoms with E-state index in [9.17, 15) is 9.59 Å². The van der Waals surface area contributed by atoms with E-state index in [1.165, 1.54) is 19.3 Å². The Morgan fingerprint density at radius 3 is 2.07 bits per heavy atom. The van der Waals surface area contributed by atoms with Gasteiger partial charge < -0.3 is 9.80 Å². The Morgan fingerprint density at radius 2 is 1.59 bits per heavy atom. The van der Waals surface area contributed by atoms with Gasteiger partial charge in [0.1, 0.15) is 0 Å².